The maximum absolute atomic E-state index is 13.1. The van der Waals surface area contributed by atoms with Crippen molar-refractivity contribution in [1.82, 2.24) is 0 Å². The van der Waals surface area contributed by atoms with Crippen molar-refractivity contribution in [2.75, 3.05) is 13.2 Å². The Morgan fingerprint density at radius 3 is 2.48 bits per heavy atom. The Kier molecular flexibility index (Phi) is 7.65. The third kappa shape index (κ3) is 6.27. The SMILES string of the molecule is Cc1c(OCCCCOc2cccc(F)c2)ccc(C(=O)CC(C)C)c1O. The number of rotatable bonds is 10. The van der Waals surface area contributed by atoms with Crippen molar-refractivity contribution >= 4 is 5.78 Å². The van der Waals surface area contributed by atoms with Gasteiger partial charge in [0.05, 0.1) is 18.8 Å². The highest BCUT2D eigenvalue weighted by Crippen LogP contribution is 2.31. The van der Waals surface area contributed by atoms with Crippen LogP contribution in [0, 0.1) is 18.7 Å². The Balaban J connectivity index is 1.79. The summed E-state index contributed by atoms with van der Waals surface area (Å²) in [7, 11) is 0. The fraction of sp³-hybridized carbons (Fsp3) is 0.409. The first-order chi connectivity index (χ1) is 12.9. The Labute approximate surface area is 159 Å². The highest BCUT2D eigenvalue weighted by Gasteiger charge is 2.16. The fourth-order valence-electron chi connectivity index (χ4n) is 2.68. The van der Waals surface area contributed by atoms with Gasteiger partial charge in [0.25, 0.3) is 0 Å². The highest BCUT2D eigenvalue weighted by atomic mass is 19.1. The van der Waals surface area contributed by atoms with Gasteiger partial charge >= 0.3 is 0 Å². The van der Waals surface area contributed by atoms with Crippen molar-refractivity contribution in [3.05, 3.63) is 53.3 Å². The van der Waals surface area contributed by atoms with Crippen molar-refractivity contribution in [1.29, 1.82) is 0 Å². The number of aromatic hydroxyl groups is 1. The molecule has 0 amide bonds. The number of Topliss-reactive ketones (excluding diaryl/α,β-unsaturated/α-hetero) is 1. The van der Waals surface area contributed by atoms with Gasteiger partial charge in [0.2, 0.25) is 0 Å². The van der Waals surface area contributed by atoms with Crippen LogP contribution in [0.3, 0.4) is 0 Å². The van der Waals surface area contributed by atoms with E-state index in [1.165, 1.54) is 12.1 Å². The van der Waals surface area contributed by atoms with E-state index in [0.717, 1.165) is 12.8 Å². The minimum absolute atomic E-state index is 0.00686. The molecule has 0 bridgehead atoms. The van der Waals surface area contributed by atoms with Crippen LogP contribution in [0.2, 0.25) is 0 Å². The molecule has 5 heteroatoms. The lowest BCUT2D eigenvalue weighted by Gasteiger charge is -2.13. The van der Waals surface area contributed by atoms with Crippen molar-refractivity contribution in [2.45, 2.75) is 40.0 Å². The van der Waals surface area contributed by atoms with E-state index >= 15 is 0 Å². The molecular weight excluding hydrogens is 347 g/mol. The van der Waals surface area contributed by atoms with E-state index in [4.69, 9.17) is 9.47 Å². The molecule has 0 aliphatic heterocycles. The third-order valence-corrected chi connectivity index (χ3v) is 4.14. The number of hydrogen-bond donors (Lipinski definition) is 1. The number of carbonyl (C=O) groups is 1. The summed E-state index contributed by atoms with van der Waals surface area (Å²) in [5.74, 6) is 0.932. The van der Waals surface area contributed by atoms with E-state index in [-0.39, 0.29) is 23.3 Å². The Hall–Kier alpha value is -2.56. The monoisotopic (exact) mass is 374 g/mol. The standard InChI is InChI=1S/C22H27FO4/c1-15(2)13-20(24)19-9-10-21(16(3)22(19)25)27-12-5-4-11-26-18-8-6-7-17(23)14-18/h6-10,14-15,25H,4-5,11-13H2,1-3H3. The Bertz CT molecular complexity index is 771. The number of phenols is 1. The van der Waals surface area contributed by atoms with E-state index in [2.05, 4.69) is 0 Å². The lowest BCUT2D eigenvalue weighted by Crippen LogP contribution is -2.06. The molecule has 2 aromatic rings. The van der Waals surface area contributed by atoms with Crippen molar-refractivity contribution in [3.8, 4) is 17.2 Å². The number of carbonyl (C=O) groups excluding carboxylic acids is 1. The van der Waals surface area contributed by atoms with Gasteiger partial charge in [-0.3, -0.25) is 4.79 Å². The van der Waals surface area contributed by atoms with Crippen LogP contribution in [0.4, 0.5) is 4.39 Å². The molecule has 0 atom stereocenters. The van der Waals surface area contributed by atoms with E-state index in [9.17, 15) is 14.3 Å². The van der Waals surface area contributed by atoms with Crippen LogP contribution in [0.5, 0.6) is 17.2 Å². The van der Waals surface area contributed by atoms with E-state index in [1.807, 2.05) is 13.8 Å². The van der Waals surface area contributed by atoms with E-state index in [0.29, 0.717) is 42.3 Å². The molecule has 146 valence electrons. The molecule has 0 radical (unpaired) electrons. The largest absolute Gasteiger partial charge is 0.507 e. The minimum Gasteiger partial charge on any atom is -0.507 e. The summed E-state index contributed by atoms with van der Waals surface area (Å²) >= 11 is 0. The number of phenolic OH excluding ortho intramolecular Hbond substituents is 1. The Morgan fingerprint density at radius 2 is 1.81 bits per heavy atom. The van der Waals surface area contributed by atoms with Gasteiger partial charge in [0.1, 0.15) is 23.1 Å². The molecule has 0 saturated carbocycles. The van der Waals surface area contributed by atoms with Crippen molar-refractivity contribution in [2.24, 2.45) is 5.92 Å². The molecule has 0 spiro atoms. The number of unbranched alkanes of at least 4 members (excludes halogenated alkanes) is 1. The first-order valence-electron chi connectivity index (χ1n) is 9.25. The molecule has 0 heterocycles. The van der Waals surface area contributed by atoms with Crippen LogP contribution in [0.1, 0.15) is 49.0 Å². The summed E-state index contributed by atoms with van der Waals surface area (Å²) in [6.45, 7) is 6.62. The molecule has 2 aromatic carbocycles. The summed E-state index contributed by atoms with van der Waals surface area (Å²) in [5, 5.41) is 10.3. The van der Waals surface area contributed by atoms with Gasteiger partial charge < -0.3 is 14.6 Å². The summed E-state index contributed by atoms with van der Waals surface area (Å²) in [6.07, 6.45) is 1.91. The molecule has 0 aromatic heterocycles. The minimum atomic E-state index is -0.318. The average Bonchev–Trinajstić information content (AvgIpc) is 2.60. The topological polar surface area (TPSA) is 55.8 Å². The lowest BCUT2D eigenvalue weighted by atomic mass is 9.98. The summed E-state index contributed by atoms with van der Waals surface area (Å²) in [4.78, 5) is 12.2. The maximum Gasteiger partial charge on any atom is 0.166 e. The van der Waals surface area contributed by atoms with Gasteiger partial charge in [-0.1, -0.05) is 19.9 Å². The number of hydrogen-bond acceptors (Lipinski definition) is 4. The predicted octanol–water partition coefficient (Wildman–Crippen LogP) is 5.31. The van der Waals surface area contributed by atoms with Gasteiger partial charge in [-0.2, -0.15) is 0 Å². The number of halogens is 1. The van der Waals surface area contributed by atoms with Crippen molar-refractivity contribution < 1.29 is 23.8 Å². The molecule has 0 aliphatic rings. The zero-order valence-electron chi connectivity index (χ0n) is 16.1. The summed E-state index contributed by atoms with van der Waals surface area (Å²) < 4.78 is 24.3. The average molecular weight is 374 g/mol. The highest BCUT2D eigenvalue weighted by molar-refractivity contribution is 5.99. The second kappa shape index (κ2) is 9.95. The molecule has 0 aliphatic carbocycles. The molecule has 4 nitrogen and oxygen atoms in total. The van der Waals surface area contributed by atoms with Gasteiger partial charge in [0.15, 0.2) is 5.78 Å². The normalized spacial score (nSPS) is 10.9. The second-order valence-corrected chi connectivity index (χ2v) is 6.97. The quantitative estimate of drug-likeness (QED) is 0.452. The molecular formula is C22H27FO4. The molecule has 0 unspecified atom stereocenters. The van der Waals surface area contributed by atoms with Gasteiger partial charge in [-0.05, 0) is 49.9 Å². The molecule has 0 saturated heterocycles. The Morgan fingerprint density at radius 1 is 1.11 bits per heavy atom. The number of ketones is 1. The number of benzene rings is 2. The van der Waals surface area contributed by atoms with Crippen LogP contribution in [-0.2, 0) is 0 Å². The smallest absolute Gasteiger partial charge is 0.166 e. The van der Waals surface area contributed by atoms with E-state index in [1.54, 1.807) is 31.2 Å². The molecule has 27 heavy (non-hydrogen) atoms. The zero-order chi connectivity index (χ0) is 19.8. The lowest BCUT2D eigenvalue weighted by molar-refractivity contribution is 0.0965. The first kappa shape index (κ1) is 20.7. The van der Waals surface area contributed by atoms with Crippen LogP contribution < -0.4 is 9.47 Å². The van der Waals surface area contributed by atoms with Crippen LogP contribution >= 0.6 is 0 Å². The van der Waals surface area contributed by atoms with Crippen LogP contribution in [0.25, 0.3) is 0 Å². The van der Waals surface area contributed by atoms with E-state index < -0.39 is 0 Å². The molecule has 2 rings (SSSR count). The summed E-state index contributed by atoms with van der Waals surface area (Å²) in [5.41, 5.74) is 0.915. The van der Waals surface area contributed by atoms with Gasteiger partial charge in [-0.15, -0.1) is 0 Å². The number of ether oxygens (including phenoxy) is 2. The molecule has 0 fully saturated rings. The third-order valence-electron chi connectivity index (χ3n) is 4.14. The van der Waals surface area contributed by atoms with Gasteiger partial charge in [-0.25, -0.2) is 4.39 Å². The first-order valence-corrected chi connectivity index (χ1v) is 9.25. The van der Waals surface area contributed by atoms with Crippen LogP contribution in [0.15, 0.2) is 36.4 Å². The van der Waals surface area contributed by atoms with Crippen molar-refractivity contribution in [3.63, 3.8) is 0 Å². The van der Waals surface area contributed by atoms with Gasteiger partial charge in [0, 0.05) is 18.1 Å². The molecule has 1 N–H and O–H groups in total. The maximum atomic E-state index is 13.1. The fourth-order valence-corrected chi connectivity index (χ4v) is 2.68. The second-order valence-electron chi connectivity index (χ2n) is 6.97. The van der Waals surface area contributed by atoms with Crippen LogP contribution in [-0.4, -0.2) is 24.1 Å². The zero-order valence-corrected chi connectivity index (χ0v) is 16.1. The summed E-state index contributed by atoms with van der Waals surface area (Å²) in [6, 6.07) is 9.40. The predicted molar refractivity (Wildman–Crippen MR) is 103 cm³/mol.